The predicted octanol–water partition coefficient (Wildman–Crippen LogP) is 2.34. The summed E-state index contributed by atoms with van der Waals surface area (Å²) in [5.41, 5.74) is 0.909. The minimum atomic E-state index is -0.406. The Morgan fingerprint density at radius 1 is 1.41 bits per heavy atom. The van der Waals surface area contributed by atoms with Gasteiger partial charge in [0.05, 0.1) is 10.5 Å². The Morgan fingerprint density at radius 2 is 2.06 bits per heavy atom. The maximum atomic E-state index is 10.5. The van der Waals surface area contributed by atoms with Gasteiger partial charge in [-0.2, -0.15) is 0 Å². The largest absolute Gasteiger partial charge is 0.478 e. The lowest BCUT2D eigenvalue weighted by molar-refractivity contribution is -0.384. The van der Waals surface area contributed by atoms with Crippen LogP contribution in [0.25, 0.3) is 0 Å². The molecule has 0 aromatic heterocycles. The zero-order valence-corrected chi connectivity index (χ0v) is 9.84. The lowest BCUT2D eigenvalue weighted by Crippen LogP contribution is -2.17. The quantitative estimate of drug-likeness (QED) is 0.595. The SMILES string of the molecule is CC1(C)COC(Cc2ccc([N+](=O)[O-])cc2)=N1. The summed E-state index contributed by atoms with van der Waals surface area (Å²) in [4.78, 5) is 14.5. The number of nitrogens with zero attached hydrogens (tertiary/aromatic N) is 2. The van der Waals surface area contributed by atoms with Crippen molar-refractivity contribution in [3.63, 3.8) is 0 Å². The molecule has 1 heterocycles. The first-order valence-electron chi connectivity index (χ1n) is 5.41. The molecule has 1 aliphatic rings. The van der Waals surface area contributed by atoms with E-state index in [-0.39, 0.29) is 11.2 Å². The van der Waals surface area contributed by atoms with Gasteiger partial charge in [0.25, 0.3) is 5.69 Å². The fourth-order valence-electron chi connectivity index (χ4n) is 1.66. The van der Waals surface area contributed by atoms with Crippen LogP contribution in [0.3, 0.4) is 0 Å². The van der Waals surface area contributed by atoms with E-state index in [9.17, 15) is 10.1 Å². The molecule has 0 fully saturated rings. The molecule has 1 aromatic rings. The van der Waals surface area contributed by atoms with Crippen molar-refractivity contribution in [2.75, 3.05) is 6.61 Å². The summed E-state index contributed by atoms with van der Waals surface area (Å²) >= 11 is 0. The van der Waals surface area contributed by atoms with Gasteiger partial charge in [-0.1, -0.05) is 12.1 Å². The molecule has 0 aliphatic carbocycles. The summed E-state index contributed by atoms with van der Waals surface area (Å²) < 4.78 is 5.47. The summed E-state index contributed by atoms with van der Waals surface area (Å²) in [6, 6.07) is 6.46. The van der Waals surface area contributed by atoms with Gasteiger partial charge in [-0.05, 0) is 19.4 Å². The molecule has 1 aliphatic heterocycles. The molecule has 0 N–H and O–H groups in total. The van der Waals surface area contributed by atoms with E-state index in [2.05, 4.69) is 4.99 Å². The van der Waals surface area contributed by atoms with Crippen LogP contribution in [0, 0.1) is 10.1 Å². The highest BCUT2D eigenvalue weighted by Crippen LogP contribution is 2.19. The molecular weight excluding hydrogens is 220 g/mol. The number of non-ortho nitro benzene ring substituents is 1. The third kappa shape index (κ3) is 2.81. The van der Waals surface area contributed by atoms with E-state index < -0.39 is 4.92 Å². The average molecular weight is 234 g/mol. The summed E-state index contributed by atoms with van der Waals surface area (Å²) in [5.74, 6) is 0.698. The second-order valence-electron chi connectivity index (χ2n) is 4.71. The molecule has 0 spiro atoms. The predicted molar refractivity (Wildman–Crippen MR) is 64.3 cm³/mol. The normalized spacial score (nSPS) is 17.4. The maximum absolute atomic E-state index is 10.5. The van der Waals surface area contributed by atoms with Gasteiger partial charge in [-0.25, -0.2) is 4.99 Å². The standard InChI is InChI=1S/C12H14N2O3/c1-12(2)8-17-11(13-12)7-9-3-5-10(6-4-9)14(15)16/h3-6H,7-8H2,1-2H3. The summed E-state index contributed by atoms with van der Waals surface area (Å²) in [6.45, 7) is 4.61. The van der Waals surface area contributed by atoms with Crippen LogP contribution in [0.4, 0.5) is 5.69 Å². The second kappa shape index (κ2) is 4.16. The first-order chi connectivity index (χ1) is 7.96. The number of nitro groups is 1. The van der Waals surface area contributed by atoms with Crippen LogP contribution in [0.15, 0.2) is 29.3 Å². The van der Waals surface area contributed by atoms with Crippen LogP contribution < -0.4 is 0 Å². The van der Waals surface area contributed by atoms with Crippen LogP contribution >= 0.6 is 0 Å². The fraction of sp³-hybridized carbons (Fsp3) is 0.417. The Kier molecular flexibility index (Phi) is 2.83. The molecule has 0 saturated heterocycles. The van der Waals surface area contributed by atoms with Gasteiger partial charge in [-0.15, -0.1) is 0 Å². The van der Waals surface area contributed by atoms with Gasteiger partial charge in [-0.3, -0.25) is 10.1 Å². The van der Waals surface area contributed by atoms with Crippen molar-refractivity contribution < 1.29 is 9.66 Å². The fourth-order valence-corrected chi connectivity index (χ4v) is 1.66. The van der Waals surface area contributed by atoms with E-state index >= 15 is 0 Å². The Hall–Kier alpha value is -1.91. The van der Waals surface area contributed by atoms with Crippen LogP contribution in [0.2, 0.25) is 0 Å². The average Bonchev–Trinajstić information content (AvgIpc) is 2.59. The first kappa shape index (κ1) is 11.6. The molecule has 0 saturated carbocycles. The van der Waals surface area contributed by atoms with Gasteiger partial charge in [0.1, 0.15) is 6.61 Å². The topological polar surface area (TPSA) is 64.7 Å². The van der Waals surface area contributed by atoms with E-state index in [1.54, 1.807) is 12.1 Å². The molecule has 90 valence electrons. The highest BCUT2D eigenvalue weighted by Gasteiger charge is 2.25. The first-order valence-corrected chi connectivity index (χ1v) is 5.41. The zero-order chi connectivity index (χ0) is 12.5. The van der Waals surface area contributed by atoms with Crippen molar-refractivity contribution in [1.82, 2.24) is 0 Å². The molecule has 1 aromatic carbocycles. The summed E-state index contributed by atoms with van der Waals surface area (Å²) in [7, 11) is 0. The van der Waals surface area contributed by atoms with Crippen molar-refractivity contribution in [3.05, 3.63) is 39.9 Å². The third-order valence-electron chi connectivity index (χ3n) is 2.52. The smallest absolute Gasteiger partial charge is 0.269 e. The van der Waals surface area contributed by atoms with Gasteiger partial charge < -0.3 is 4.74 Å². The Labute approximate surface area is 99.3 Å². The Morgan fingerprint density at radius 3 is 2.53 bits per heavy atom. The second-order valence-corrected chi connectivity index (χ2v) is 4.71. The lowest BCUT2D eigenvalue weighted by Gasteiger charge is -2.07. The highest BCUT2D eigenvalue weighted by atomic mass is 16.6. The van der Waals surface area contributed by atoms with Crippen LogP contribution in [-0.2, 0) is 11.2 Å². The summed E-state index contributed by atoms with van der Waals surface area (Å²) in [6.07, 6.45) is 0.585. The minimum absolute atomic E-state index is 0.100. The number of rotatable bonds is 3. The third-order valence-corrected chi connectivity index (χ3v) is 2.52. The molecule has 17 heavy (non-hydrogen) atoms. The van der Waals surface area contributed by atoms with Crippen molar-refractivity contribution in [2.45, 2.75) is 25.8 Å². The van der Waals surface area contributed by atoms with Crippen LogP contribution in [-0.4, -0.2) is 23.0 Å². The number of hydrogen-bond acceptors (Lipinski definition) is 4. The molecule has 0 unspecified atom stereocenters. The van der Waals surface area contributed by atoms with Gasteiger partial charge in [0, 0.05) is 18.6 Å². The minimum Gasteiger partial charge on any atom is -0.478 e. The van der Waals surface area contributed by atoms with Crippen LogP contribution in [0.1, 0.15) is 19.4 Å². The molecule has 5 heteroatoms. The van der Waals surface area contributed by atoms with Crippen molar-refractivity contribution >= 4 is 11.6 Å². The molecular formula is C12H14N2O3. The molecule has 5 nitrogen and oxygen atoms in total. The van der Waals surface area contributed by atoms with E-state index in [4.69, 9.17) is 4.74 Å². The summed E-state index contributed by atoms with van der Waals surface area (Å²) in [5, 5.41) is 10.5. The number of hydrogen-bond donors (Lipinski definition) is 0. The lowest BCUT2D eigenvalue weighted by atomic mass is 10.1. The maximum Gasteiger partial charge on any atom is 0.269 e. The van der Waals surface area contributed by atoms with Gasteiger partial charge in [0.2, 0.25) is 0 Å². The molecule has 0 atom stereocenters. The van der Waals surface area contributed by atoms with E-state index in [0.29, 0.717) is 18.9 Å². The number of nitro benzene ring substituents is 1. The molecule has 0 bridgehead atoms. The van der Waals surface area contributed by atoms with Crippen LogP contribution in [0.5, 0.6) is 0 Å². The molecule has 0 radical (unpaired) electrons. The number of benzene rings is 1. The number of ether oxygens (including phenoxy) is 1. The molecule has 2 rings (SSSR count). The van der Waals surface area contributed by atoms with Gasteiger partial charge >= 0.3 is 0 Å². The van der Waals surface area contributed by atoms with Crippen molar-refractivity contribution in [2.24, 2.45) is 4.99 Å². The zero-order valence-electron chi connectivity index (χ0n) is 9.84. The van der Waals surface area contributed by atoms with E-state index in [0.717, 1.165) is 5.56 Å². The molecule has 0 amide bonds. The Balaban J connectivity index is 2.08. The van der Waals surface area contributed by atoms with Crippen molar-refractivity contribution in [1.29, 1.82) is 0 Å². The Bertz CT molecular complexity index is 463. The monoisotopic (exact) mass is 234 g/mol. The van der Waals surface area contributed by atoms with E-state index in [1.165, 1.54) is 12.1 Å². The van der Waals surface area contributed by atoms with Gasteiger partial charge in [0.15, 0.2) is 5.90 Å². The number of aliphatic imine (C=N–C) groups is 1. The van der Waals surface area contributed by atoms with Crippen molar-refractivity contribution in [3.8, 4) is 0 Å². The highest BCUT2D eigenvalue weighted by molar-refractivity contribution is 5.80. The van der Waals surface area contributed by atoms with E-state index in [1.807, 2.05) is 13.8 Å².